The topological polar surface area (TPSA) is 73.1 Å². The summed E-state index contributed by atoms with van der Waals surface area (Å²) in [7, 11) is 0. The number of aryl methyl sites for hydroxylation is 1. The number of aromatic nitrogens is 2. The van der Waals surface area contributed by atoms with Gasteiger partial charge in [0.2, 0.25) is 5.88 Å². The highest BCUT2D eigenvalue weighted by Gasteiger charge is 2.02. The van der Waals surface area contributed by atoms with E-state index in [4.69, 9.17) is 10.6 Å². The maximum Gasteiger partial charge on any atom is 0.218 e. The maximum atomic E-state index is 5.49. The highest BCUT2D eigenvalue weighted by atomic mass is 16.5. The molecule has 5 nitrogen and oxygen atoms in total. The second-order valence-corrected chi connectivity index (χ2v) is 3.81. The van der Waals surface area contributed by atoms with Crippen LogP contribution in [0.5, 0.6) is 5.88 Å². The van der Waals surface area contributed by atoms with Crippen LogP contribution in [-0.4, -0.2) is 16.6 Å². The molecule has 0 aliphatic carbocycles. The van der Waals surface area contributed by atoms with Crippen LogP contribution >= 0.6 is 0 Å². The van der Waals surface area contributed by atoms with Crippen molar-refractivity contribution >= 4 is 5.82 Å². The number of nitrogens with two attached hydrogens (primary N) is 1. The van der Waals surface area contributed by atoms with E-state index in [1.165, 1.54) is 0 Å². The van der Waals surface area contributed by atoms with Crippen molar-refractivity contribution in [1.29, 1.82) is 0 Å². The van der Waals surface area contributed by atoms with Crippen molar-refractivity contribution < 1.29 is 4.74 Å². The molecule has 0 fully saturated rings. The minimum Gasteiger partial charge on any atom is -0.478 e. The van der Waals surface area contributed by atoms with Gasteiger partial charge in [0.1, 0.15) is 11.6 Å². The Bertz CT molecular complexity index is 314. The highest BCUT2D eigenvalue weighted by Crippen LogP contribution is 2.13. The molecule has 0 bridgehead atoms. The first kappa shape index (κ1) is 11.7. The molecule has 0 aliphatic rings. The number of nitrogen functional groups attached to an aromatic ring is 1. The first-order chi connectivity index (χ1) is 7.11. The summed E-state index contributed by atoms with van der Waals surface area (Å²) >= 11 is 0. The summed E-state index contributed by atoms with van der Waals surface area (Å²) in [6.45, 7) is 6.77. The summed E-state index contributed by atoms with van der Waals surface area (Å²) in [6.07, 6.45) is 1.01. The van der Waals surface area contributed by atoms with Gasteiger partial charge in [-0.15, -0.1) is 0 Å². The molecule has 84 valence electrons. The van der Waals surface area contributed by atoms with E-state index in [9.17, 15) is 0 Å². The Morgan fingerprint density at radius 2 is 2.20 bits per heavy atom. The second kappa shape index (κ2) is 5.50. The highest BCUT2D eigenvalue weighted by molar-refractivity contribution is 5.36. The van der Waals surface area contributed by atoms with Crippen molar-refractivity contribution in [3.05, 3.63) is 11.9 Å². The molecule has 15 heavy (non-hydrogen) atoms. The fourth-order valence-electron chi connectivity index (χ4n) is 1.09. The molecule has 0 spiro atoms. The standard InChI is InChI=1S/C10H18N4O/c1-7(2)4-5-15-10-6-9(14-11)12-8(3)13-10/h6-7H,4-5,11H2,1-3H3,(H,12,13,14). The van der Waals surface area contributed by atoms with Crippen molar-refractivity contribution in [1.82, 2.24) is 9.97 Å². The molecular formula is C10H18N4O. The molecule has 0 aromatic carbocycles. The summed E-state index contributed by atoms with van der Waals surface area (Å²) in [5, 5.41) is 0. The minimum absolute atomic E-state index is 0.566. The van der Waals surface area contributed by atoms with Gasteiger partial charge < -0.3 is 10.2 Å². The third-order valence-electron chi connectivity index (χ3n) is 1.91. The Kier molecular flexibility index (Phi) is 4.30. The lowest BCUT2D eigenvalue weighted by atomic mass is 10.1. The van der Waals surface area contributed by atoms with Crippen LogP contribution in [0.1, 0.15) is 26.1 Å². The van der Waals surface area contributed by atoms with Crippen LogP contribution in [0.15, 0.2) is 6.07 Å². The van der Waals surface area contributed by atoms with E-state index in [2.05, 4.69) is 29.2 Å². The van der Waals surface area contributed by atoms with Crippen LogP contribution in [0.25, 0.3) is 0 Å². The molecule has 0 radical (unpaired) electrons. The molecule has 5 heteroatoms. The van der Waals surface area contributed by atoms with E-state index in [0.717, 1.165) is 6.42 Å². The first-order valence-corrected chi connectivity index (χ1v) is 5.07. The number of nitrogens with zero attached hydrogens (tertiary/aromatic N) is 2. The van der Waals surface area contributed by atoms with Gasteiger partial charge in [0.25, 0.3) is 0 Å². The number of hydrogen-bond acceptors (Lipinski definition) is 5. The van der Waals surface area contributed by atoms with Crippen LogP contribution in [0.2, 0.25) is 0 Å². The molecule has 1 rings (SSSR count). The van der Waals surface area contributed by atoms with Gasteiger partial charge in [0.15, 0.2) is 0 Å². The average Bonchev–Trinajstić information content (AvgIpc) is 2.16. The second-order valence-electron chi connectivity index (χ2n) is 3.81. The van der Waals surface area contributed by atoms with E-state index < -0.39 is 0 Å². The molecular weight excluding hydrogens is 192 g/mol. The van der Waals surface area contributed by atoms with Gasteiger partial charge in [-0.3, -0.25) is 0 Å². The van der Waals surface area contributed by atoms with E-state index in [1.54, 1.807) is 13.0 Å². The molecule has 0 aliphatic heterocycles. The van der Waals surface area contributed by atoms with Crippen LogP contribution in [0.3, 0.4) is 0 Å². The zero-order valence-corrected chi connectivity index (χ0v) is 9.45. The summed E-state index contributed by atoms with van der Waals surface area (Å²) in [5.74, 6) is 7.67. The first-order valence-electron chi connectivity index (χ1n) is 5.07. The Hall–Kier alpha value is -1.36. The van der Waals surface area contributed by atoms with Gasteiger partial charge in [-0.2, -0.15) is 4.98 Å². The largest absolute Gasteiger partial charge is 0.478 e. The lowest BCUT2D eigenvalue weighted by Crippen LogP contribution is -2.11. The van der Waals surface area contributed by atoms with Crippen LogP contribution < -0.4 is 16.0 Å². The Morgan fingerprint density at radius 1 is 1.47 bits per heavy atom. The lowest BCUT2D eigenvalue weighted by Gasteiger charge is -2.08. The fourth-order valence-corrected chi connectivity index (χ4v) is 1.09. The summed E-state index contributed by atoms with van der Waals surface area (Å²) < 4.78 is 5.49. The smallest absolute Gasteiger partial charge is 0.218 e. The van der Waals surface area contributed by atoms with Crippen molar-refractivity contribution in [3.63, 3.8) is 0 Å². The average molecular weight is 210 g/mol. The molecule has 0 amide bonds. The predicted molar refractivity (Wildman–Crippen MR) is 59.5 cm³/mol. The van der Waals surface area contributed by atoms with Gasteiger partial charge in [-0.1, -0.05) is 13.8 Å². The van der Waals surface area contributed by atoms with E-state index >= 15 is 0 Å². The molecule has 0 saturated heterocycles. The Labute approximate surface area is 90.0 Å². The Balaban J connectivity index is 2.56. The minimum atomic E-state index is 0.566. The van der Waals surface area contributed by atoms with E-state index in [-0.39, 0.29) is 0 Å². The summed E-state index contributed by atoms with van der Waals surface area (Å²) in [5.41, 5.74) is 2.48. The molecule has 3 N–H and O–H groups in total. The number of nitrogens with one attached hydrogen (secondary N) is 1. The van der Waals surface area contributed by atoms with Crippen molar-refractivity contribution in [2.75, 3.05) is 12.0 Å². The van der Waals surface area contributed by atoms with Crippen molar-refractivity contribution in [2.24, 2.45) is 11.8 Å². The Morgan fingerprint density at radius 3 is 2.80 bits per heavy atom. The van der Waals surface area contributed by atoms with Crippen LogP contribution in [-0.2, 0) is 0 Å². The van der Waals surface area contributed by atoms with E-state index in [0.29, 0.717) is 30.0 Å². The normalized spacial score (nSPS) is 10.5. The van der Waals surface area contributed by atoms with Crippen LogP contribution in [0.4, 0.5) is 5.82 Å². The molecule has 0 atom stereocenters. The molecule has 0 unspecified atom stereocenters. The monoisotopic (exact) mass is 210 g/mol. The number of anilines is 1. The third kappa shape index (κ3) is 4.12. The number of rotatable bonds is 5. The molecule has 1 aromatic rings. The van der Waals surface area contributed by atoms with Crippen molar-refractivity contribution in [2.45, 2.75) is 27.2 Å². The van der Waals surface area contributed by atoms with Gasteiger partial charge in [-0.25, -0.2) is 10.8 Å². The third-order valence-corrected chi connectivity index (χ3v) is 1.91. The lowest BCUT2D eigenvalue weighted by molar-refractivity contribution is 0.278. The summed E-state index contributed by atoms with van der Waals surface area (Å²) in [4.78, 5) is 8.22. The zero-order valence-electron chi connectivity index (χ0n) is 9.45. The van der Waals surface area contributed by atoms with Gasteiger partial charge >= 0.3 is 0 Å². The number of hydrogen-bond donors (Lipinski definition) is 2. The molecule has 1 heterocycles. The molecule has 1 aromatic heterocycles. The zero-order chi connectivity index (χ0) is 11.3. The van der Waals surface area contributed by atoms with Gasteiger partial charge in [0.05, 0.1) is 6.61 Å². The van der Waals surface area contributed by atoms with E-state index in [1.807, 2.05) is 0 Å². The number of hydrazine groups is 1. The predicted octanol–water partition coefficient (Wildman–Crippen LogP) is 1.50. The van der Waals surface area contributed by atoms with Crippen molar-refractivity contribution in [3.8, 4) is 5.88 Å². The molecule has 0 saturated carbocycles. The van der Waals surface area contributed by atoms with Gasteiger partial charge in [-0.05, 0) is 19.3 Å². The fraction of sp³-hybridized carbons (Fsp3) is 0.600. The van der Waals surface area contributed by atoms with Crippen LogP contribution in [0, 0.1) is 12.8 Å². The summed E-state index contributed by atoms with van der Waals surface area (Å²) in [6, 6.07) is 1.69. The quantitative estimate of drug-likeness (QED) is 0.569. The number of ether oxygens (including phenoxy) is 1. The maximum absolute atomic E-state index is 5.49. The van der Waals surface area contributed by atoms with Gasteiger partial charge in [0, 0.05) is 6.07 Å². The SMILES string of the molecule is Cc1nc(NN)cc(OCCC(C)C)n1.